The van der Waals surface area contributed by atoms with E-state index >= 15 is 0 Å². The van der Waals surface area contributed by atoms with Gasteiger partial charge in [-0.05, 0) is 25.5 Å². The summed E-state index contributed by atoms with van der Waals surface area (Å²) in [5.41, 5.74) is 0.700. The van der Waals surface area contributed by atoms with Crippen LogP contribution in [0.1, 0.15) is 20.3 Å². The van der Waals surface area contributed by atoms with Gasteiger partial charge in [0.25, 0.3) is 0 Å². The summed E-state index contributed by atoms with van der Waals surface area (Å²) in [7, 11) is 0. The molecule has 1 aromatic carbocycles. The van der Waals surface area contributed by atoms with Crippen LogP contribution in [0.25, 0.3) is 0 Å². The van der Waals surface area contributed by atoms with Crippen molar-refractivity contribution in [3.8, 4) is 5.75 Å². The molecule has 0 aliphatic rings. The lowest BCUT2D eigenvalue weighted by atomic mass is 10.3. The standard InChI is InChI=1S/C12H16ClNO2/c1-3-7-16-11-6-4-5-10(8-11)14-12(15)9(2)13/h4-6,8-9H,3,7H2,1-2H3,(H,14,15). The Balaban J connectivity index is 2.63. The van der Waals surface area contributed by atoms with Crippen molar-refractivity contribution in [2.24, 2.45) is 0 Å². The highest BCUT2D eigenvalue weighted by atomic mass is 35.5. The Kier molecular flexibility index (Phi) is 5.12. The van der Waals surface area contributed by atoms with E-state index in [4.69, 9.17) is 16.3 Å². The van der Waals surface area contributed by atoms with Crippen LogP contribution in [-0.2, 0) is 4.79 Å². The third-order valence-corrected chi connectivity index (χ3v) is 2.13. The number of anilines is 1. The van der Waals surface area contributed by atoms with Gasteiger partial charge in [0.15, 0.2) is 0 Å². The predicted octanol–water partition coefficient (Wildman–Crippen LogP) is 3.04. The molecule has 0 bridgehead atoms. The van der Waals surface area contributed by atoms with E-state index in [1.54, 1.807) is 19.1 Å². The molecule has 88 valence electrons. The summed E-state index contributed by atoms with van der Waals surface area (Å²) in [6.45, 7) is 4.35. The summed E-state index contributed by atoms with van der Waals surface area (Å²) < 4.78 is 5.45. The maximum Gasteiger partial charge on any atom is 0.242 e. The van der Waals surface area contributed by atoms with E-state index in [9.17, 15) is 4.79 Å². The Labute approximate surface area is 101 Å². The van der Waals surface area contributed by atoms with Gasteiger partial charge in [0.2, 0.25) is 5.91 Å². The number of hydrogen-bond acceptors (Lipinski definition) is 2. The zero-order chi connectivity index (χ0) is 12.0. The molecule has 0 aliphatic heterocycles. The number of alkyl halides is 1. The van der Waals surface area contributed by atoms with Gasteiger partial charge < -0.3 is 10.1 Å². The van der Waals surface area contributed by atoms with Crippen molar-refractivity contribution in [3.05, 3.63) is 24.3 Å². The minimum atomic E-state index is -0.541. The highest BCUT2D eigenvalue weighted by Gasteiger charge is 2.09. The predicted molar refractivity (Wildman–Crippen MR) is 66.2 cm³/mol. The first-order valence-electron chi connectivity index (χ1n) is 5.31. The van der Waals surface area contributed by atoms with Crippen LogP contribution in [-0.4, -0.2) is 17.9 Å². The zero-order valence-corrected chi connectivity index (χ0v) is 10.3. The Morgan fingerprint density at radius 3 is 2.94 bits per heavy atom. The summed E-state index contributed by atoms with van der Waals surface area (Å²) in [6.07, 6.45) is 0.954. The van der Waals surface area contributed by atoms with Gasteiger partial charge in [-0.15, -0.1) is 11.6 Å². The largest absolute Gasteiger partial charge is 0.494 e. The lowest BCUT2D eigenvalue weighted by Crippen LogP contribution is -2.20. The minimum absolute atomic E-state index is 0.214. The van der Waals surface area contributed by atoms with E-state index in [0.717, 1.165) is 12.2 Å². The molecule has 1 rings (SSSR count). The number of carbonyl (C=O) groups excluding carboxylic acids is 1. The molecule has 0 spiro atoms. The number of nitrogens with one attached hydrogen (secondary N) is 1. The van der Waals surface area contributed by atoms with Gasteiger partial charge in [0.05, 0.1) is 6.61 Å². The van der Waals surface area contributed by atoms with Crippen LogP contribution in [0.5, 0.6) is 5.75 Å². The third-order valence-electron chi connectivity index (χ3n) is 1.94. The molecule has 0 radical (unpaired) electrons. The van der Waals surface area contributed by atoms with Gasteiger partial charge in [-0.3, -0.25) is 4.79 Å². The topological polar surface area (TPSA) is 38.3 Å². The van der Waals surface area contributed by atoms with E-state index in [0.29, 0.717) is 12.3 Å². The summed E-state index contributed by atoms with van der Waals surface area (Å²) >= 11 is 5.66. The zero-order valence-electron chi connectivity index (χ0n) is 9.50. The van der Waals surface area contributed by atoms with E-state index in [2.05, 4.69) is 5.32 Å². The van der Waals surface area contributed by atoms with Crippen molar-refractivity contribution in [1.82, 2.24) is 0 Å². The van der Waals surface area contributed by atoms with E-state index in [1.165, 1.54) is 0 Å². The van der Waals surface area contributed by atoms with Gasteiger partial charge in [0.1, 0.15) is 11.1 Å². The van der Waals surface area contributed by atoms with Crippen LogP contribution < -0.4 is 10.1 Å². The van der Waals surface area contributed by atoms with Crippen molar-refractivity contribution in [2.45, 2.75) is 25.6 Å². The molecule has 1 amide bonds. The fourth-order valence-electron chi connectivity index (χ4n) is 1.13. The number of rotatable bonds is 5. The molecule has 0 fully saturated rings. The number of hydrogen-bond donors (Lipinski definition) is 1. The van der Waals surface area contributed by atoms with E-state index in [-0.39, 0.29) is 5.91 Å². The maximum absolute atomic E-state index is 11.4. The monoisotopic (exact) mass is 241 g/mol. The van der Waals surface area contributed by atoms with Gasteiger partial charge >= 0.3 is 0 Å². The molecular formula is C12H16ClNO2. The molecule has 16 heavy (non-hydrogen) atoms. The maximum atomic E-state index is 11.4. The van der Waals surface area contributed by atoms with Crippen LogP contribution in [0.3, 0.4) is 0 Å². The molecule has 0 aliphatic carbocycles. The average Bonchev–Trinajstić information content (AvgIpc) is 2.26. The number of benzene rings is 1. The van der Waals surface area contributed by atoms with Gasteiger partial charge in [-0.2, -0.15) is 0 Å². The average molecular weight is 242 g/mol. The molecule has 1 atom stereocenters. The van der Waals surface area contributed by atoms with Crippen LogP contribution in [0.4, 0.5) is 5.69 Å². The number of amides is 1. The second kappa shape index (κ2) is 6.38. The molecule has 1 aromatic rings. The van der Waals surface area contributed by atoms with Crippen molar-refractivity contribution in [2.75, 3.05) is 11.9 Å². The van der Waals surface area contributed by atoms with Crippen LogP contribution in [0, 0.1) is 0 Å². The highest BCUT2D eigenvalue weighted by Crippen LogP contribution is 2.18. The Morgan fingerprint density at radius 2 is 2.31 bits per heavy atom. The smallest absolute Gasteiger partial charge is 0.242 e. The van der Waals surface area contributed by atoms with Gasteiger partial charge in [-0.1, -0.05) is 13.0 Å². The second-order valence-electron chi connectivity index (χ2n) is 3.48. The first kappa shape index (κ1) is 12.8. The fourth-order valence-corrected chi connectivity index (χ4v) is 1.18. The fraction of sp³-hybridized carbons (Fsp3) is 0.417. The summed E-state index contributed by atoms with van der Waals surface area (Å²) in [5.74, 6) is 0.538. The number of halogens is 1. The minimum Gasteiger partial charge on any atom is -0.494 e. The molecule has 0 saturated carbocycles. The molecule has 0 heterocycles. The molecular weight excluding hydrogens is 226 g/mol. The SMILES string of the molecule is CCCOc1cccc(NC(=O)C(C)Cl)c1. The number of carbonyl (C=O) groups is 1. The Bertz CT molecular complexity index is 353. The lowest BCUT2D eigenvalue weighted by Gasteiger charge is -2.09. The highest BCUT2D eigenvalue weighted by molar-refractivity contribution is 6.32. The summed E-state index contributed by atoms with van der Waals surface area (Å²) in [4.78, 5) is 11.4. The van der Waals surface area contributed by atoms with Crippen molar-refractivity contribution >= 4 is 23.2 Å². The van der Waals surface area contributed by atoms with Crippen molar-refractivity contribution in [3.63, 3.8) is 0 Å². The summed E-state index contributed by atoms with van der Waals surface area (Å²) in [5, 5.41) is 2.17. The van der Waals surface area contributed by atoms with Crippen LogP contribution in [0.2, 0.25) is 0 Å². The molecule has 4 heteroatoms. The molecule has 1 N–H and O–H groups in total. The first-order valence-corrected chi connectivity index (χ1v) is 5.75. The third kappa shape index (κ3) is 4.11. The first-order chi connectivity index (χ1) is 7.63. The summed E-state index contributed by atoms with van der Waals surface area (Å²) in [6, 6.07) is 7.28. The van der Waals surface area contributed by atoms with E-state index in [1.807, 2.05) is 19.1 Å². The van der Waals surface area contributed by atoms with Crippen LogP contribution in [0.15, 0.2) is 24.3 Å². The van der Waals surface area contributed by atoms with Crippen molar-refractivity contribution < 1.29 is 9.53 Å². The Morgan fingerprint density at radius 1 is 1.56 bits per heavy atom. The lowest BCUT2D eigenvalue weighted by molar-refractivity contribution is -0.115. The van der Waals surface area contributed by atoms with Gasteiger partial charge in [-0.25, -0.2) is 0 Å². The van der Waals surface area contributed by atoms with Crippen molar-refractivity contribution in [1.29, 1.82) is 0 Å². The normalized spacial score (nSPS) is 11.9. The molecule has 3 nitrogen and oxygen atoms in total. The van der Waals surface area contributed by atoms with E-state index < -0.39 is 5.38 Å². The molecule has 1 unspecified atom stereocenters. The Hall–Kier alpha value is -1.22. The molecule has 0 saturated heterocycles. The molecule has 0 aromatic heterocycles. The quantitative estimate of drug-likeness (QED) is 0.805. The second-order valence-corrected chi connectivity index (χ2v) is 4.14. The van der Waals surface area contributed by atoms with Gasteiger partial charge in [0, 0.05) is 11.8 Å². The van der Waals surface area contributed by atoms with Crippen LogP contribution >= 0.6 is 11.6 Å². The number of ether oxygens (including phenoxy) is 1.